The molecular formula is C38H28Br2F2N6O4. The van der Waals surface area contributed by atoms with Crippen molar-refractivity contribution < 1.29 is 27.7 Å². The number of hydrogen-bond donors (Lipinski definition) is 0. The van der Waals surface area contributed by atoms with Crippen LogP contribution >= 0.6 is 31.9 Å². The van der Waals surface area contributed by atoms with E-state index in [4.69, 9.17) is 30.8 Å². The number of hydrogen-bond acceptors (Lipinski definition) is 7. The molecule has 0 saturated heterocycles. The Labute approximate surface area is 313 Å². The Bertz CT molecular complexity index is 2430. The third kappa shape index (κ3) is 6.11. The minimum absolute atomic E-state index is 0.290. The number of halogens is 4. The number of allylic oxidation sites excluding steroid dienone is 1. The maximum Gasteiger partial charge on any atom is 0.305 e. The minimum atomic E-state index is -1.09. The summed E-state index contributed by atoms with van der Waals surface area (Å²) in [6.45, 7) is 8.62. The first-order valence-corrected chi connectivity index (χ1v) is 17.6. The lowest BCUT2D eigenvalue weighted by atomic mass is 9.95. The highest BCUT2D eigenvalue weighted by Gasteiger charge is 2.50. The highest BCUT2D eigenvalue weighted by atomic mass is 79.9. The van der Waals surface area contributed by atoms with Gasteiger partial charge in [-0.15, -0.1) is 0 Å². The van der Waals surface area contributed by atoms with E-state index in [1.54, 1.807) is 52.1 Å². The van der Waals surface area contributed by atoms with Crippen LogP contribution in [-0.4, -0.2) is 52.8 Å². The quantitative estimate of drug-likeness (QED) is 0.0993. The maximum absolute atomic E-state index is 13.3. The SMILES string of the molecule is N#CC=C1CCOc2c1cc1cnn(-c3ccc(F)cc3)c1c2Br.[C-]#[N+]C1c2cc3cnn(-c4ccc(F)cc4)c3c(Br)c2OCCC1(OC)OC. The molecule has 10 nitrogen and oxygen atoms in total. The number of nitrogens with zero attached hydrogens (tertiary/aromatic N) is 6. The molecule has 0 aliphatic carbocycles. The lowest BCUT2D eigenvalue weighted by Gasteiger charge is -2.29. The van der Waals surface area contributed by atoms with Gasteiger partial charge in [-0.1, -0.05) is 0 Å². The molecule has 0 saturated carbocycles. The average Bonchev–Trinajstić information content (AvgIpc) is 3.75. The summed E-state index contributed by atoms with van der Waals surface area (Å²) >= 11 is 7.26. The highest BCUT2D eigenvalue weighted by Crippen LogP contribution is 2.48. The normalized spacial score (nSPS) is 16.8. The van der Waals surface area contributed by atoms with Crippen molar-refractivity contribution in [3.05, 3.63) is 122 Å². The molecule has 1 unspecified atom stereocenters. The van der Waals surface area contributed by atoms with Crippen molar-refractivity contribution in [2.24, 2.45) is 0 Å². The molecule has 0 spiro atoms. The fraction of sp³-hybridized carbons (Fsp3) is 0.211. The van der Waals surface area contributed by atoms with Crippen LogP contribution in [0.2, 0.25) is 0 Å². The standard InChI is InChI=1S/C20H17BrFN3O3.C18H11BrFN3O/c1-23-19-15-10-12-11-24-25(14-6-4-13(22)5-7-14)17(12)16(21)18(15)28-9-8-20(19,26-2)27-3;19-16-17-12(9-15-11(5-7-21)6-8-24-18(15)16)10-22-23(17)14-3-1-13(20)2-4-14/h4-7,10-11,19H,8-9H2,2-3H3;1-5,9-10H,6,8H2. The van der Waals surface area contributed by atoms with Gasteiger partial charge in [0.1, 0.15) is 23.1 Å². The van der Waals surface area contributed by atoms with Crippen LogP contribution < -0.4 is 9.47 Å². The van der Waals surface area contributed by atoms with E-state index in [1.807, 2.05) is 12.1 Å². The molecule has 14 heteroatoms. The van der Waals surface area contributed by atoms with Gasteiger partial charge in [0.25, 0.3) is 5.79 Å². The topological polar surface area (TPSA) is 101 Å². The van der Waals surface area contributed by atoms with Crippen LogP contribution in [0.1, 0.15) is 30.0 Å². The minimum Gasteiger partial charge on any atom is -0.491 e. The summed E-state index contributed by atoms with van der Waals surface area (Å²) in [5, 5.41) is 19.6. The predicted octanol–water partition coefficient (Wildman–Crippen LogP) is 9.28. The number of fused-ring (bicyclic) bond motifs is 4. The van der Waals surface area contributed by atoms with E-state index in [1.165, 1.54) is 38.5 Å². The Hall–Kier alpha value is -5.12. The van der Waals surface area contributed by atoms with Gasteiger partial charge in [0, 0.05) is 49.5 Å². The largest absolute Gasteiger partial charge is 0.491 e. The summed E-state index contributed by atoms with van der Waals surface area (Å²) in [6.07, 6.45) is 6.13. The molecule has 2 aliphatic heterocycles. The Morgan fingerprint density at radius 2 is 1.42 bits per heavy atom. The van der Waals surface area contributed by atoms with E-state index in [-0.39, 0.29) is 11.6 Å². The molecule has 52 heavy (non-hydrogen) atoms. The zero-order chi connectivity index (χ0) is 36.6. The van der Waals surface area contributed by atoms with E-state index in [2.05, 4.69) is 53.0 Å². The third-order valence-corrected chi connectivity index (χ3v) is 10.6. The summed E-state index contributed by atoms with van der Waals surface area (Å²) in [5.74, 6) is -0.423. The van der Waals surface area contributed by atoms with Gasteiger partial charge in [0.2, 0.25) is 0 Å². The molecule has 2 aromatic heterocycles. The lowest BCUT2D eigenvalue weighted by molar-refractivity contribution is -0.219. The monoisotopic (exact) mass is 828 g/mol. The molecule has 1 atom stereocenters. The maximum atomic E-state index is 13.3. The molecule has 0 fully saturated rings. The second kappa shape index (κ2) is 14.5. The van der Waals surface area contributed by atoms with Crippen molar-refractivity contribution in [2.45, 2.75) is 24.7 Å². The van der Waals surface area contributed by atoms with E-state index in [0.29, 0.717) is 47.6 Å². The van der Waals surface area contributed by atoms with Gasteiger partial charge in [-0.25, -0.2) is 24.7 Å². The van der Waals surface area contributed by atoms with Gasteiger partial charge in [0.05, 0.1) is 68.6 Å². The summed E-state index contributed by atoms with van der Waals surface area (Å²) in [7, 11) is 3.07. The van der Waals surface area contributed by atoms with Crippen LogP contribution in [0.25, 0.3) is 43.6 Å². The third-order valence-electron chi connectivity index (χ3n) is 9.10. The highest BCUT2D eigenvalue weighted by molar-refractivity contribution is 9.11. The molecule has 4 heterocycles. The molecule has 0 bridgehead atoms. The number of aromatic nitrogens is 4. The van der Waals surface area contributed by atoms with Crippen molar-refractivity contribution in [1.82, 2.24) is 19.6 Å². The van der Waals surface area contributed by atoms with E-state index in [9.17, 15) is 8.78 Å². The molecular weight excluding hydrogens is 802 g/mol. The van der Waals surface area contributed by atoms with Crippen LogP contribution in [0.4, 0.5) is 8.78 Å². The fourth-order valence-electron chi connectivity index (χ4n) is 6.55. The van der Waals surface area contributed by atoms with Crippen molar-refractivity contribution in [1.29, 1.82) is 5.26 Å². The van der Waals surface area contributed by atoms with E-state index >= 15 is 0 Å². The zero-order valence-electron chi connectivity index (χ0n) is 27.7. The summed E-state index contributed by atoms with van der Waals surface area (Å²) < 4.78 is 54.4. The molecule has 2 aliphatic rings. The molecule has 0 radical (unpaired) electrons. The Balaban J connectivity index is 0.000000164. The van der Waals surface area contributed by atoms with Crippen LogP contribution in [0.5, 0.6) is 11.5 Å². The number of benzene rings is 4. The first kappa shape index (κ1) is 35.3. The van der Waals surface area contributed by atoms with Crippen molar-refractivity contribution >= 4 is 59.2 Å². The van der Waals surface area contributed by atoms with Crippen molar-refractivity contribution in [3.8, 4) is 28.9 Å². The summed E-state index contributed by atoms with van der Waals surface area (Å²) in [5.41, 5.74) is 5.63. The zero-order valence-corrected chi connectivity index (χ0v) is 30.9. The van der Waals surface area contributed by atoms with Gasteiger partial charge < -0.3 is 23.8 Å². The van der Waals surface area contributed by atoms with Crippen molar-refractivity contribution in [2.75, 3.05) is 27.4 Å². The second-order valence-corrected chi connectivity index (χ2v) is 13.5. The van der Waals surface area contributed by atoms with E-state index in [0.717, 1.165) is 48.8 Å². The summed E-state index contributed by atoms with van der Waals surface area (Å²) in [6, 6.07) is 17.5. The van der Waals surface area contributed by atoms with Gasteiger partial charge in [-0.3, -0.25) is 0 Å². The first-order chi connectivity index (χ1) is 25.2. The number of ether oxygens (including phenoxy) is 4. The fourth-order valence-corrected chi connectivity index (χ4v) is 8.01. The van der Waals surface area contributed by atoms with E-state index < -0.39 is 11.8 Å². The second-order valence-electron chi connectivity index (χ2n) is 11.9. The molecule has 0 N–H and O–H groups in total. The van der Waals surface area contributed by atoms with Crippen LogP contribution in [0.3, 0.4) is 0 Å². The van der Waals surface area contributed by atoms with Gasteiger partial charge in [0.15, 0.2) is 0 Å². The molecule has 262 valence electrons. The summed E-state index contributed by atoms with van der Waals surface area (Å²) in [4.78, 5) is 3.80. The number of rotatable bonds is 4. The molecule has 4 aromatic carbocycles. The van der Waals surface area contributed by atoms with Crippen molar-refractivity contribution in [3.63, 3.8) is 0 Å². The number of nitriles is 1. The average molecular weight is 830 g/mol. The Morgan fingerprint density at radius 3 is 1.96 bits per heavy atom. The number of methoxy groups -OCH3 is 2. The predicted molar refractivity (Wildman–Crippen MR) is 197 cm³/mol. The van der Waals surface area contributed by atoms with Crippen LogP contribution in [0, 0.1) is 29.5 Å². The lowest BCUT2D eigenvalue weighted by Crippen LogP contribution is -2.39. The molecule has 6 aromatic rings. The van der Waals surface area contributed by atoms with Crippen LogP contribution in [-0.2, 0) is 9.47 Å². The van der Waals surface area contributed by atoms with Gasteiger partial charge in [-0.05, 0) is 98.1 Å². The molecule has 0 amide bonds. The Morgan fingerprint density at radius 1 is 0.885 bits per heavy atom. The van der Waals surface area contributed by atoms with Gasteiger partial charge >= 0.3 is 6.04 Å². The molecule has 8 rings (SSSR count). The smallest absolute Gasteiger partial charge is 0.305 e. The van der Waals surface area contributed by atoms with Crippen LogP contribution in [0.15, 0.2) is 88.1 Å². The van der Waals surface area contributed by atoms with Gasteiger partial charge in [-0.2, -0.15) is 15.5 Å². The first-order valence-electron chi connectivity index (χ1n) is 16.0. The Kier molecular flexibility index (Phi) is 9.83.